The summed E-state index contributed by atoms with van der Waals surface area (Å²) in [5.41, 5.74) is -0.400. The van der Waals surface area contributed by atoms with Gasteiger partial charge in [0.1, 0.15) is 6.61 Å². The van der Waals surface area contributed by atoms with Gasteiger partial charge in [-0.05, 0) is 37.0 Å². The fourth-order valence-corrected chi connectivity index (χ4v) is 3.62. The van der Waals surface area contributed by atoms with Gasteiger partial charge in [-0.2, -0.15) is 0 Å². The molecule has 30 heavy (non-hydrogen) atoms. The molecule has 0 aliphatic heterocycles. The number of esters is 2. The van der Waals surface area contributed by atoms with Crippen molar-refractivity contribution < 1.29 is 19.1 Å². The Kier molecular flexibility index (Phi) is 13.5. The van der Waals surface area contributed by atoms with Gasteiger partial charge in [0, 0.05) is 5.02 Å². The topological polar surface area (TPSA) is 52.6 Å². The van der Waals surface area contributed by atoms with Crippen molar-refractivity contribution in [3.8, 4) is 0 Å². The molecular formula is C25H39ClO4. The molecule has 0 radical (unpaired) electrons. The molecule has 0 spiro atoms. The SMILES string of the molecule is CCCCCCCCCCCOC(=O)C(CC)(CC)C(=O)OCc1ccc(Cl)cc1. The van der Waals surface area contributed by atoms with Crippen molar-refractivity contribution in [2.75, 3.05) is 6.61 Å². The summed E-state index contributed by atoms with van der Waals surface area (Å²) in [7, 11) is 0. The highest BCUT2D eigenvalue weighted by Gasteiger charge is 2.45. The number of hydrogen-bond donors (Lipinski definition) is 0. The number of halogens is 1. The van der Waals surface area contributed by atoms with Crippen LogP contribution in [0.4, 0.5) is 0 Å². The van der Waals surface area contributed by atoms with Crippen molar-refractivity contribution in [2.24, 2.45) is 5.41 Å². The third-order valence-electron chi connectivity index (χ3n) is 5.75. The van der Waals surface area contributed by atoms with E-state index in [1.54, 1.807) is 24.3 Å². The van der Waals surface area contributed by atoms with Crippen molar-refractivity contribution in [3.63, 3.8) is 0 Å². The zero-order chi connectivity index (χ0) is 22.2. The molecule has 0 saturated carbocycles. The van der Waals surface area contributed by atoms with Gasteiger partial charge in [-0.15, -0.1) is 0 Å². The molecule has 5 heteroatoms. The Balaban J connectivity index is 2.37. The van der Waals surface area contributed by atoms with Crippen molar-refractivity contribution in [1.29, 1.82) is 0 Å². The number of carbonyl (C=O) groups is 2. The van der Waals surface area contributed by atoms with E-state index in [2.05, 4.69) is 6.92 Å². The molecule has 0 aliphatic carbocycles. The van der Waals surface area contributed by atoms with Crippen LogP contribution in [0.3, 0.4) is 0 Å². The van der Waals surface area contributed by atoms with Crippen LogP contribution in [0.2, 0.25) is 5.02 Å². The minimum atomic E-state index is -1.23. The number of carbonyl (C=O) groups excluding carboxylic acids is 2. The highest BCUT2D eigenvalue weighted by atomic mass is 35.5. The minimum Gasteiger partial charge on any atom is -0.465 e. The van der Waals surface area contributed by atoms with Crippen LogP contribution in [0.25, 0.3) is 0 Å². The molecule has 170 valence electrons. The number of unbranched alkanes of at least 4 members (excludes halogenated alkanes) is 8. The Labute approximate surface area is 187 Å². The van der Waals surface area contributed by atoms with Crippen LogP contribution in [0.15, 0.2) is 24.3 Å². The highest BCUT2D eigenvalue weighted by molar-refractivity contribution is 6.30. The summed E-state index contributed by atoms with van der Waals surface area (Å²) in [6.45, 7) is 6.36. The molecule has 1 rings (SSSR count). The summed E-state index contributed by atoms with van der Waals surface area (Å²) in [6.07, 6.45) is 11.5. The molecule has 0 saturated heterocycles. The fourth-order valence-electron chi connectivity index (χ4n) is 3.49. The van der Waals surface area contributed by atoms with Crippen LogP contribution < -0.4 is 0 Å². The summed E-state index contributed by atoms with van der Waals surface area (Å²) in [5.74, 6) is -0.979. The molecule has 0 unspecified atom stereocenters. The molecular weight excluding hydrogens is 400 g/mol. The Bertz CT molecular complexity index is 608. The summed E-state index contributed by atoms with van der Waals surface area (Å²) in [4.78, 5) is 25.5. The van der Waals surface area contributed by atoms with E-state index in [0.717, 1.165) is 18.4 Å². The first kappa shape index (κ1) is 26.5. The van der Waals surface area contributed by atoms with E-state index in [4.69, 9.17) is 21.1 Å². The van der Waals surface area contributed by atoms with E-state index in [1.165, 1.54) is 44.9 Å². The molecule has 0 atom stereocenters. The van der Waals surface area contributed by atoms with Crippen LogP contribution in [-0.4, -0.2) is 18.5 Å². The number of ether oxygens (including phenoxy) is 2. The first-order valence-electron chi connectivity index (χ1n) is 11.6. The lowest BCUT2D eigenvalue weighted by Gasteiger charge is -2.27. The van der Waals surface area contributed by atoms with E-state index >= 15 is 0 Å². The molecule has 0 aromatic heterocycles. The third-order valence-corrected chi connectivity index (χ3v) is 6.00. The first-order valence-corrected chi connectivity index (χ1v) is 12.0. The van der Waals surface area contributed by atoms with Gasteiger partial charge >= 0.3 is 11.9 Å². The van der Waals surface area contributed by atoms with Crippen molar-refractivity contribution in [2.45, 2.75) is 98.0 Å². The normalized spacial score (nSPS) is 11.3. The summed E-state index contributed by atoms with van der Waals surface area (Å²) >= 11 is 5.88. The van der Waals surface area contributed by atoms with E-state index < -0.39 is 17.4 Å². The summed E-state index contributed by atoms with van der Waals surface area (Å²) in [5, 5.41) is 0.626. The van der Waals surface area contributed by atoms with E-state index in [-0.39, 0.29) is 6.61 Å². The minimum absolute atomic E-state index is 0.114. The predicted molar refractivity (Wildman–Crippen MR) is 122 cm³/mol. The summed E-state index contributed by atoms with van der Waals surface area (Å²) in [6, 6.07) is 7.10. The molecule has 0 bridgehead atoms. The van der Waals surface area contributed by atoms with Crippen LogP contribution in [0, 0.1) is 5.41 Å². The van der Waals surface area contributed by atoms with Gasteiger partial charge in [-0.3, -0.25) is 9.59 Å². The Morgan fingerprint density at radius 1 is 0.767 bits per heavy atom. The standard InChI is InChI=1S/C25H39ClO4/c1-4-7-8-9-10-11-12-13-14-19-29-23(27)25(5-2,6-3)24(28)30-20-21-15-17-22(26)18-16-21/h15-18H,4-14,19-20H2,1-3H3. The molecule has 0 aliphatic rings. The van der Waals surface area contributed by atoms with E-state index in [1.807, 2.05) is 13.8 Å². The maximum atomic E-state index is 12.7. The lowest BCUT2D eigenvalue weighted by molar-refractivity contribution is -0.174. The van der Waals surface area contributed by atoms with Crippen molar-refractivity contribution in [1.82, 2.24) is 0 Å². The average Bonchev–Trinajstić information content (AvgIpc) is 2.76. The molecule has 0 amide bonds. The second-order valence-electron chi connectivity index (χ2n) is 7.96. The number of rotatable bonds is 16. The van der Waals surface area contributed by atoms with Crippen LogP contribution in [-0.2, 0) is 25.7 Å². The highest BCUT2D eigenvalue weighted by Crippen LogP contribution is 2.30. The Morgan fingerprint density at radius 3 is 1.80 bits per heavy atom. The second-order valence-corrected chi connectivity index (χ2v) is 8.39. The lowest BCUT2D eigenvalue weighted by Crippen LogP contribution is -2.41. The molecule has 0 heterocycles. The quantitative estimate of drug-likeness (QED) is 0.155. The smallest absolute Gasteiger partial charge is 0.323 e. The first-order chi connectivity index (χ1) is 14.5. The lowest BCUT2D eigenvalue weighted by atomic mass is 9.82. The summed E-state index contributed by atoms with van der Waals surface area (Å²) < 4.78 is 10.9. The van der Waals surface area contributed by atoms with Crippen LogP contribution in [0.1, 0.15) is 97.0 Å². The van der Waals surface area contributed by atoms with Gasteiger partial charge in [0.05, 0.1) is 6.61 Å². The van der Waals surface area contributed by atoms with Gasteiger partial charge in [-0.1, -0.05) is 95.9 Å². The van der Waals surface area contributed by atoms with Crippen molar-refractivity contribution >= 4 is 23.5 Å². The number of hydrogen-bond acceptors (Lipinski definition) is 4. The molecule has 0 fully saturated rings. The fraction of sp³-hybridized carbons (Fsp3) is 0.680. The van der Waals surface area contributed by atoms with Gasteiger partial charge in [0.15, 0.2) is 5.41 Å². The van der Waals surface area contributed by atoms with Crippen LogP contribution in [0.5, 0.6) is 0 Å². The largest absolute Gasteiger partial charge is 0.465 e. The molecule has 1 aromatic carbocycles. The Hall–Kier alpha value is -1.55. The van der Waals surface area contributed by atoms with Gasteiger partial charge in [0.2, 0.25) is 0 Å². The monoisotopic (exact) mass is 438 g/mol. The van der Waals surface area contributed by atoms with Gasteiger partial charge in [-0.25, -0.2) is 0 Å². The van der Waals surface area contributed by atoms with E-state index in [9.17, 15) is 9.59 Å². The van der Waals surface area contributed by atoms with Crippen molar-refractivity contribution in [3.05, 3.63) is 34.9 Å². The van der Waals surface area contributed by atoms with E-state index in [0.29, 0.717) is 24.5 Å². The maximum Gasteiger partial charge on any atom is 0.323 e. The zero-order valence-corrected chi connectivity index (χ0v) is 19.8. The Morgan fingerprint density at radius 2 is 1.27 bits per heavy atom. The number of benzene rings is 1. The second kappa shape index (κ2) is 15.3. The molecule has 4 nitrogen and oxygen atoms in total. The van der Waals surface area contributed by atoms with Crippen LogP contribution >= 0.6 is 11.6 Å². The third kappa shape index (κ3) is 9.07. The average molecular weight is 439 g/mol. The zero-order valence-electron chi connectivity index (χ0n) is 19.0. The van der Waals surface area contributed by atoms with Gasteiger partial charge < -0.3 is 9.47 Å². The van der Waals surface area contributed by atoms with Gasteiger partial charge in [0.25, 0.3) is 0 Å². The molecule has 0 N–H and O–H groups in total. The molecule has 1 aromatic rings. The maximum absolute atomic E-state index is 12.7. The predicted octanol–water partition coefficient (Wildman–Crippen LogP) is 7.26.